The lowest BCUT2D eigenvalue weighted by atomic mass is 10.0. The third kappa shape index (κ3) is 4.24. The van der Waals surface area contributed by atoms with Gasteiger partial charge in [0.2, 0.25) is 0 Å². The summed E-state index contributed by atoms with van der Waals surface area (Å²) in [5.74, 6) is 0. The topological polar surface area (TPSA) is 12.0 Å². The molecule has 0 aliphatic carbocycles. The van der Waals surface area contributed by atoms with Crippen molar-refractivity contribution < 1.29 is 0 Å². The smallest absolute Gasteiger partial charge is 0.0451 e. The third-order valence-corrected chi connectivity index (χ3v) is 3.93. The van der Waals surface area contributed by atoms with Gasteiger partial charge in [0.15, 0.2) is 0 Å². The van der Waals surface area contributed by atoms with Crippen molar-refractivity contribution in [3.8, 4) is 0 Å². The minimum Gasteiger partial charge on any atom is -0.306 e. The predicted octanol–water partition coefficient (Wildman–Crippen LogP) is 5.62. The fourth-order valence-corrected chi connectivity index (χ4v) is 2.65. The summed E-state index contributed by atoms with van der Waals surface area (Å²) >= 11 is 12.2. The lowest BCUT2D eigenvalue weighted by Gasteiger charge is -2.19. The van der Waals surface area contributed by atoms with Crippen LogP contribution in [0.4, 0.5) is 0 Å². The molecule has 20 heavy (non-hydrogen) atoms. The molecule has 1 unspecified atom stereocenters. The van der Waals surface area contributed by atoms with Crippen LogP contribution in [0.25, 0.3) is 0 Å². The minimum atomic E-state index is 0.344. The van der Waals surface area contributed by atoms with Crippen LogP contribution in [-0.4, -0.2) is 0 Å². The monoisotopic (exact) mass is 307 g/mol. The molecule has 0 aliphatic rings. The highest BCUT2D eigenvalue weighted by atomic mass is 35.5. The van der Waals surface area contributed by atoms with Crippen molar-refractivity contribution >= 4 is 23.2 Å². The van der Waals surface area contributed by atoms with Gasteiger partial charge in [-0.2, -0.15) is 0 Å². The maximum atomic E-state index is 6.20. The van der Waals surface area contributed by atoms with Crippen LogP contribution in [0.15, 0.2) is 48.5 Å². The Morgan fingerprint density at radius 3 is 2.50 bits per heavy atom. The number of rotatable bonds is 6. The van der Waals surface area contributed by atoms with E-state index < -0.39 is 0 Å². The van der Waals surface area contributed by atoms with Crippen molar-refractivity contribution in [2.75, 3.05) is 0 Å². The van der Waals surface area contributed by atoms with Crippen LogP contribution in [0.1, 0.15) is 36.9 Å². The molecule has 0 amide bonds. The Balaban J connectivity index is 2.07. The molecule has 3 heteroatoms. The van der Waals surface area contributed by atoms with Crippen LogP contribution in [0.5, 0.6) is 0 Å². The van der Waals surface area contributed by atoms with Gasteiger partial charge < -0.3 is 5.32 Å². The molecule has 0 bridgehead atoms. The number of halogens is 2. The highest BCUT2D eigenvalue weighted by molar-refractivity contribution is 6.33. The average Bonchev–Trinajstić information content (AvgIpc) is 2.47. The second-order valence-electron chi connectivity index (χ2n) is 4.87. The minimum absolute atomic E-state index is 0.344. The van der Waals surface area contributed by atoms with Gasteiger partial charge in [-0.3, -0.25) is 0 Å². The zero-order valence-electron chi connectivity index (χ0n) is 11.6. The molecular formula is C17H19Cl2N. The molecule has 0 saturated heterocycles. The van der Waals surface area contributed by atoms with Crippen LogP contribution < -0.4 is 5.32 Å². The van der Waals surface area contributed by atoms with Gasteiger partial charge in [-0.15, -0.1) is 0 Å². The summed E-state index contributed by atoms with van der Waals surface area (Å²) in [4.78, 5) is 0. The van der Waals surface area contributed by atoms with Crippen LogP contribution >= 0.6 is 23.2 Å². The lowest BCUT2D eigenvalue weighted by molar-refractivity contribution is 0.493. The second kappa shape index (κ2) is 7.68. The van der Waals surface area contributed by atoms with Crippen molar-refractivity contribution in [3.05, 3.63) is 69.7 Å². The maximum Gasteiger partial charge on any atom is 0.0451 e. The standard InChI is InChI=1S/C17H19Cl2N/c1-2-6-17(13-7-4-3-5-8-13)20-12-14-11-15(18)9-10-16(14)19/h3-5,7-11,17,20H,2,6,12H2,1H3. The molecule has 0 saturated carbocycles. The highest BCUT2D eigenvalue weighted by Gasteiger charge is 2.10. The van der Waals surface area contributed by atoms with Gasteiger partial charge in [0.1, 0.15) is 0 Å². The van der Waals surface area contributed by atoms with Crippen molar-refractivity contribution in [2.24, 2.45) is 0 Å². The molecule has 1 atom stereocenters. The van der Waals surface area contributed by atoms with E-state index in [1.165, 1.54) is 5.56 Å². The molecule has 2 aromatic rings. The molecule has 2 rings (SSSR count). The molecule has 0 aromatic heterocycles. The van der Waals surface area contributed by atoms with E-state index in [0.29, 0.717) is 6.04 Å². The molecule has 0 radical (unpaired) electrons. The maximum absolute atomic E-state index is 6.20. The summed E-state index contributed by atoms with van der Waals surface area (Å²) in [7, 11) is 0. The molecule has 0 spiro atoms. The van der Waals surface area contributed by atoms with E-state index in [0.717, 1.165) is 35.0 Å². The summed E-state index contributed by atoms with van der Waals surface area (Å²) in [6.45, 7) is 2.92. The largest absolute Gasteiger partial charge is 0.306 e. The molecule has 1 N–H and O–H groups in total. The zero-order valence-corrected chi connectivity index (χ0v) is 13.1. The fraction of sp³-hybridized carbons (Fsp3) is 0.294. The van der Waals surface area contributed by atoms with Gasteiger partial charge in [0.25, 0.3) is 0 Å². The summed E-state index contributed by atoms with van der Waals surface area (Å²) in [5.41, 5.74) is 2.35. The Hall–Kier alpha value is -1.02. The quantitative estimate of drug-likeness (QED) is 0.730. The Morgan fingerprint density at radius 2 is 1.80 bits per heavy atom. The van der Waals surface area contributed by atoms with Crippen LogP contribution in [0.2, 0.25) is 10.0 Å². The first-order valence-electron chi connectivity index (χ1n) is 6.93. The average molecular weight is 308 g/mol. The Kier molecular flexibility index (Phi) is 5.90. The van der Waals surface area contributed by atoms with E-state index in [9.17, 15) is 0 Å². The second-order valence-corrected chi connectivity index (χ2v) is 5.71. The number of hydrogen-bond acceptors (Lipinski definition) is 1. The molecular weight excluding hydrogens is 289 g/mol. The normalized spacial score (nSPS) is 12.3. The molecule has 0 aliphatic heterocycles. The van der Waals surface area contributed by atoms with E-state index in [2.05, 4.69) is 36.5 Å². The zero-order chi connectivity index (χ0) is 14.4. The number of nitrogens with one attached hydrogen (secondary N) is 1. The molecule has 2 aromatic carbocycles. The lowest BCUT2D eigenvalue weighted by Crippen LogP contribution is -2.21. The summed E-state index contributed by atoms with van der Waals surface area (Å²) < 4.78 is 0. The van der Waals surface area contributed by atoms with E-state index in [4.69, 9.17) is 23.2 Å². The molecule has 0 fully saturated rings. The van der Waals surface area contributed by atoms with Crippen LogP contribution in [0.3, 0.4) is 0 Å². The number of hydrogen-bond donors (Lipinski definition) is 1. The first-order chi connectivity index (χ1) is 9.70. The van der Waals surface area contributed by atoms with Gasteiger partial charge in [-0.1, -0.05) is 66.9 Å². The van der Waals surface area contributed by atoms with Crippen LogP contribution in [0, 0.1) is 0 Å². The van der Waals surface area contributed by atoms with Crippen molar-refractivity contribution in [3.63, 3.8) is 0 Å². The van der Waals surface area contributed by atoms with E-state index in [1.807, 2.05) is 24.3 Å². The van der Waals surface area contributed by atoms with E-state index in [1.54, 1.807) is 0 Å². The van der Waals surface area contributed by atoms with Crippen molar-refractivity contribution in [1.29, 1.82) is 0 Å². The first kappa shape index (κ1) is 15.4. The van der Waals surface area contributed by atoms with Gasteiger partial charge in [-0.25, -0.2) is 0 Å². The van der Waals surface area contributed by atoms with Gasteiger partial charge in [0.05, 0.1) is 0 Å². The highest BCUT2D eigenvalue weighted by Crippen LogP contribution is 2.23. The summed E-state index contributed by atoms with van der Waals surface area (Å²) in [6, 6.07) is 16.4. The Labute approximate surface area is 130 Å². The van der Waals surface area contributed by atoms with Gasteiger partial charge >= 0.3 is 0 Å². The van der Waals surface area contributed by atoms with Gasteiger partial charge in [-0.05, 0) is 35.7 Å². The Bertz CT molecular complexity index is 540. The summed E-state index contributed by atoms with van der Waals surface area (Å²) in [6.07, 6.45) is 2.23. The SMILES string of the molecule is CCCC(NCc1cc(Cl)ccc1Cl)c1ccccc1. The summed E-state index contributed by atoms with van der Waals surface area (Å²) in [5, 5.41) is 5.05. The van der Waals surface area contributed by atoms with Crippen LogP contribution in [-0.2, 0) is 6.54 Å². The van der Waals surface area contributed by atoms with E-state index >= 15 is 0 Å². The van der Waals surface area contributed by atoms with Crippen molar-refractivity contribution in [2.45, 2.75) is 32.4 Å². The van der Waals surface area contributed by atoms with E-state index in [-0.39, 0.29) is 0 Å². The Morgan fingerprint density at radius 1 is 1.05 bits per heavy atom. The molecule has 1 nitrogen and oxygen atoms in total. The molecule has 0 heterocycles. The first-order valence-corrected chi connectivity index (χ1v) is 7.68. The van der Waals surface area contributed by atoms with Crippen molar-refractivity contribution in [1.82, 2.24) is 5.32 Å². The molecule has 106 valence electrons. The fourth-order valence-electron chi connectivity index (χ4n) is 2.27. The van der Waals surface area contributed by atoms with Gasteiger partial charge in [0, 0.05) is 22.6 Å². The predicted molar refractivity (Wildman–Crippen MR) is 87.4 cm³/mol. The number of benzene rings is 2. The third-order valence-electron chi connectivity index (χ3n) is 3.33.